The third kappa shape index (κ3) is 5.03. The van der Waals surface area contributed by atoms with E-state index in [1.165, 1.54) is 42.5 Å². The first-order chi connectivity index (χ1) is 15.2. The van der Waals surface area contributed by atoms with Gasteiger partial charge in [0.2, 0.25) is 5.75 Å². The average Bonchev–Trinajstić information content (AvgIpc) is 3.37. The minimum atomic E-state index is -3.21. The number of carbonyl (C=O) groups excluding carboxylic acids is 1. The Balaban J connectivity index is 1.45. The summed E-state index contributed by atoms with van der Waals surface area (Å²) in [4.78, 5) is 25.5. The number of hydrogen-bond acceptors (Lipinski definition) is 7. The number of likely N-dealkylation sites (tertiary alicyclic amines) is 1. The van der Waals surface area contributed by atoms with E-state index in [2.05, 4.69) is 10.2 Å². The smallest absolute Gasteiger partial charge is 0.313 e. The first-order valence-corrected chi connectivity index (χ1v) is 12.4. The van der Waals surface area contributed by atoms with Gasteiger partial charge in [0.15, 0.2) is 9.84 Å². The summed E-state index contributed by atoms with van der Waals surface area (Å²) in [6.45, 7) is 1.69. The molecule has 0 aromatic heterocycles. The summed E-state index contributed by atoms with van der Waals surface area (Å²) >= 11 is 5.81. The molecule has 170 valence electrons. The molecular formula is C21H22ClN3O6S. The molecule has 2 aliphatic heterocycles. The number of nitrogens with one attached hydrogen (secondary N) is 1. The van der Waals surface area contributed by atoms with E-state index in [9.17, 15) is 23.3 Å². The Morgan fingerprint density at radius 2 is 1.81 bits per heavy atom. The van der Waals surface area contributed by atoms with Gasteiger partial charge in [0.25, 0.3) is 5.91 Å². The quantitative estimate of drug-likeness (QED) is 0.499. The maximum Gasteiger partial charge on any atom is 0.313 e. The van der Waals surface area contributed by atoms with Crippen molar-refractivity contribution < 1.29 is 22.9 Å². The van der Waals surface area contributed by atoms with Crippen LogP contribution in [0.15, 0.2) is 42.5 Å². The van der Waals surface area contributed by atoms with Crippen molar-refractivity contribution in [3.8, 4) is 11.5 Å². The van der Waals surface area contributed by atoms with Crippen LogP contribution in [0, 0.1) is 10.1 Å². The van der Waals surface area contributed by atoms with E-state index < -0.39 is 20.8 Å². The van der Waals surface area contributed by atoms with E-state index in [-0.39, 0.29) is 39.9 Å². The fourth-order valence-corrected chi connectivity index (χ4v) is 6.29. The SMILES string of the molecule is O=C(NC1CS(=O)(=O)CC1N1CCCC1)c1ccc(Oc2ccc(Cl)cc2[N+](=O)[O-])cc1. The maximum atomic E-state index is 12.8. The van der Waals surface area contributed by atoms with Crippen molar-refractivity contribution in [2.24, 2.45) is 0 Å². The van der Waals surface area contributed by atoms with E-state index >= 15 is 0 Å². The molecule has 2 fully saturated rings. The second-order valence-electron chi connectivity index (χ2n) is 7.96. The summed E-state index contributed by atoms with van der Waals surface area (Å²) < 4.78 is 30.0. The van der Waals surface area contributed by atoms with Crippen molar-refractivity contribution in [2.75, 3.05) is 24.6 Å². The van der Waals surface area contributed by atoms with Crippen molar-refractivity contribution in [1.29, 1.82) is 0 Å². The van der Waals surface area contributed by atoms with Gasteiger partial charge in [-0.05, 0) is 62.3 Å². The van der Waals surface area contributed by atoms with Crippen LogP contribution in [0.4, 0.5) is 5.69 Å². The van der Waals surface area contributed by atoms with Crippen LogP contribution >= 0.6 is 11.6 Å². The van der Waals surface area contributed by atoms with E-state index in [1.807, 2.05) is 0 Å². The van der Waals surface area contributed by atoms with E-state index in [0.717, 1.165) is 25.9 Å². The minimum absolute atomic E-state index is 0.0289. The van der Waals surface area contributed by atoms with Crippen LogP contribution in [-0.2, 0) is 9.84 Å². The molecule has 32 heavy (non-hydrogen) atoms. The van der Waals surface area contributed by atoms with Crippen LogP contribution < -0.4 is 10.1 Å². The number of halogens is 1. The molecule has 0 radical (unpaired) electrons. The van der Waals surface area contributed by atoms with Crippen LogP contribution in [0.25, 0.3) is 0 Å². The predicted octanol–water partition coefficient (Wildman–Crippen LogP) is 3.03. The molecule has 2 heterocycles. The number of sulfone groups is 1. The Hall–Kier alpha value is -2.69. The largest absolute Gasteiger partial charge is 0.450 e. The van der Waals surface area contributed by atoms with E-state index in [1.54, 1.807) is 0 Å². The van der Waals surface area contributed by atoms with Crippen LogP contribution in [0.3, 0.4) is 0 Å². The zero-order valence-electron chi connectivity index (χ0n) is 17.1. The summed E-state index contributed by atoms with van der Waals surface area (Å²) in [5, 5.41) is 14.3. The molecule has 0 spiro atoms. The van der Waals surface area contributed by atoms with Gasteiger partial charge in [0, 0.05) is 22.7 Å². The molecule has 2 unspecified atom stereocenters. The average molecular weight is 480 g/mol. The van der Waals surface area contributed by atoms with E-state index in [4.69, 9.17) is 16.3 Å². The van der Waals surface area contributed by atoms with Gasteiger partial charge in [-0.15, -0.1) is 0 Å². The molecule has 1 amide bonds. The molecule has 0 saturated carbocycles. The topological polar surface area (TPSA) is 119 Å². The summed E-state index contributed by atoms with van der Waals surface area (Å²) in [5.41, 5.74) is 0.0714. The van der Waals surface area contributed by atoms with Gasteiger partial charge in [0.1, 0.15) is 5.75 Å². The molecule has 0 aliphatic carbocycles. The predicted molar refractivity (Wildman–Crippen MR) is 119 cm³/mol. The number of nitro benzene ring substituents is 1. The van der Waals surface area contributed by atoms with Crippen molar-refractivity contribution in [3.63, 3.8) is 0 Å². The molecule has 1 N–H and O–H groups in total. The fourth-order valence-electron chi connectivity index (χ4n) is 4.17. The molecule has 2 saturated heterocycles. The van der Waals surface area contributed by atoms with Crippen molar-refractivity contribution in [2.45, 2.75) is 24.9 Å². The van der Waals surface area contributed by atoms with Gasteiger partial charge in [-0.2, -0.15) is 0 Å². The number of benzene rings is 2. The standard InChI is InChI=1S/C21H22ClN3O6S/c22-15-5-8-20(18(11-15)25(27)28)31-16-6-3-14(4-7-16)21(26)23-17-12-32(29,30)13-19(17)24-9-1-2-10-24/h3-8,11,17,19H,1-2,9-10,12-13H2,(H,23,26). The molecule has 0 bridgehead atoms. The lowest BCUT2D eigenvalue weighted by Crippen LogP contribution is -2.50. The second-order valence-corrected chi connectivity index (χ2v) is 10.6. The monoisotopic (exact) mass is 479 g/mol. The molecular weight excluding hydrogens is 458 g/mol. The third-order valence-electron chi connectivity index (χ3n) is 5.71. The zero-order valence-corrected chi connectivity index (χ0v) is 18.6. The molecule has 2 atom stereocenters. The maximum absolute atomic E-state index is 12.8. The Bertz CT molecular complexity index is 1130. The number of rotatable bonds is 6. The highest BCUT2D eigenvalue weighted by atomic mass is 35.5. The molecule has 11 heteroatoms. The number of amides is 1. The van der Waals surface area contributed by atoms with Crippen LogP contribution in [0.5, 0.6) is 11.5 Å². The Kier molecular flexibility index (Phi) is 6.36. The lowest BCUT2D eigenvalue weighted by Gasteiger charge is -2.28. The molecule has 9 nitrogen and oxygen atoms in total. The number of ether oxygens (including phenoxy) is 1. The van der Waals surface area contributed by atoms with Gasteiger partial charge in [0.05, 0.1) is 22.5 Å². The first kappa shape index (κ1) is 22.5. The van der Waals surface area contributed by atoms with Crippen molar-refractivity contribution >= 4 is 33.0 Å². The van der Waals surface area contributed by atoms with Crippen LogP contribution in [-0.4, -0.2) is 60.8 Å². The molecule has 2 aromatic rings. The highest BCUT2D eigenvalue weighted by Gasteiger charge is 2.42. The van der Waals surface area contributed by atoms with Crippen LogP contribution in [0.2, 0.25) is 5.02 Å². The van der Waals surface area contributed by atoms with Gasteiger partial charge in [-0.3, -0.25) is 19.8 Å². The van der Waals surface area contributed by atoms with E-state index in [0.29, 0.717) is 11.3 Å². The Morgan fingerprint density at radius 1 is 1.12 bits per heavy atom. The fraction of sp³-hybridized carbons (Fsp3) is 0.381. The highest BCUT2D eigenvalue weighted by Crippen LogP contribution is 2.33. The number of nitro groups is 1. The third-order valence-corrected chi connectivity index (χ3v) is 7.66. The van der Waals surface area contributed by atoms with Gasteiger partial charge < -0.3 is 10.1 Å². The molecule has 2 aliphatic rings. The lowest BCUT2D eigenvalue weighted by atomic mass is 10.1. The summed E-state index contributed by atoms with van der Waals surface area (Å²) in [5.74, 6) is -0.0433. The van der Waals surface area contributed by atoms with Gasteiger partial charge in [-0.1, -0.05) is 11.6 Å². The van der Waals surface area contributed by atoms with Crippen molar-refractivity contribution in [1.82, 2.24) is 10.2 Å². The molecule has 2 aromatic carbocycles. The Labute approximate surface area is 190 Å². The van der Waals surface area contributed by atoms with Crippen molar-refractivity contribution in [3.05, 3.63) is 63.2 Å². The normalized spacial score (nSPS) is 22.5. The number of hydrogen-bond donors (Lipinski definition) is 1. The zero-order chi connectivity index (χ0) is 22.9. The van der Waals surface area contributed by atoms with Gasteiger partial charge >= 0.3 is 5.69 Å². The first-order valence-electron chi connectivity index (χ1n) is 10.2. The minimum Gasteiger partial charge on any atom is -0.450 e. The van der Waals surface area contributed by atoms with Crippen LogP contribution in [0.1, 0.15) is 23.2 Å². The Morgan fingerprint density at radius 3 is 2.47 bits per heavy atom. The summed E-state index contributed by atoms with van der Waals surface area (Å²) in [6.07, 6.45) is 2.06. The summed E-state index contributed by atoms with van der Waals surface area (Å²) in [6, 6.07) is 9.52. The summed E-state index contributed by atoms with van der Waals surface area (Å²) in [7, 11) is -3.21. The lowest BCUT2D eigenvalue weighted by molar-refractivity contribution is -0.385. The number of carbonyl (C=O) groups is 1. The number of nitrogens with zero attached hydrogens (tertiary/aromatic N) is 2. The second kappa shape index (κ2) is 9.05. The molecule has 4 rings (SSSR count). The van der Waals surface area contributed by atoms with Gasteiger partial charge in [-0.25, -0.2) is 8.42 Å². The highest BCUT2D eigenvalue weighted by molar-refractivity contribution is 7.91.